The van der Waals surface area contributed by atoms with Crippen LogP contribution in [0.5, 0.6) is 0 Å². The number of Topliss-reactive ketones (excluding diaryl/α,β-unsaturated/α-hetero) is 1. The number of fused-ring (bicyclic) bond motifs is 5. The van der Waals surface area contributed by atoms with E-state index in [1.165, 1.54) is 26.0 Å². The molecule has 3 fully saturated rings. The molecule has 21 heteroatoms. The van der Waals surface area contributed by atoms with Gasteiger partial charge in [-0.15, -0.1) is 0 Å². The van der Waals surface area contributed by atoms with E-state index in [4.69, 9.17) is 41.2 Å². The minimum atomic E-state index is -4.67. The number of benzene rings is 2. The van der Waals surface area contributed by atoms with E-state index in [1.807, 2.05) is 0 Å². The summed E-state index contributed by atoms with van der Waals surface area (Å²) in [6.07, 6.45) is -11.5. The zero-order chi connectivity index (χ0) is 47.2. The first-order chi connectivity index (χ1) is 29.0. The van der Waals surface area contributed by atoms with E-state index in [1.54, 1.807) is 83.1 Å². The molecule has 6 rings (SSSR count). The predicted octanol–water partition coefficient (Wildman–Crippen LogP) is -0.277. The van der Waals surface area contributed by atoms with Crippen LogP contribution in [0.3, 0.4) is 0 Å². The molecule has 7 N–H and O–H groups in total. The number of esters is 3. The Hall–Kier alpha value is -3.80. The summed E-state index contributed by atoms with van der Waals surface area (Å²) in [5.41, 5.74) is -8.14. The molecule has 64 heavy (non-hydrogen) atoms. The summed E-state index contributed by atoms with van der Waals surface area (Å²) in [5.74, 6) is -5.36. The number of ether oxygens (including phenoxy) is 5. The zero-order valence-electron chi connectivity index (χ0n) is 38.0. The fourth-order valence-electron chi connectivity index (χ4n) is 9.56. The smallest absolute Gasteiger partial charge is 1.00 e. The van der Waals surface area contributed by atoms with E-state index in [0.29, 0.717) is 5.56 Å². The van der Waals surface area contributed by atoms with E-state index in [9.17, 15) is 44.4 Å². The van der Waals surface area contributed by atoms with E-state index in [0.717, 1.165) is 6.92 Å². The maximum atomic E-state index is 14.9. The van der Waals surface area contributed by atoms with Gasteiger partial charge >= 0.3 is 64.0 Å². The third kappa shape index (κ3) is 10.3. The number of carbonyl (C=O) groups excluding carboxylic acids is 5. The first-order valence-corrected chi connectivity index (χ1v) is 21.4. The van der Waals surface area contributed by atoms with Crippen molar-refractivity contribution < 1.29 is 117 Å². The standard InChI is InChI=1S/C43H53NO14.Na.H2O4S.H/c1-22-26(55-37(51)32(48)30(24-15-11-9-12-16-24)44-38(52)58-39(3,4)5)20-43(53)35(56-36(50)25-17-13-10-14-18-25)33-41(8,34(49)31(47)29(22)40(43,6)7)27(46)19-28-42(33,21-54-28)57-23(2)45;;1-5(2,3)4;/h9-18,26-28,30-33,35,46-48,53H,19-21H2,1-8H3,(H,44,52);;(H2,1,2,3,4);/q;+1;;-1/t26-,27-,28+,30-,31+,32+,33-,35-,41+,42-,43+;;;/m0.../s1. The molecular formula is C43H56NNaO18S. The summed E-state index contributed by atoms with van der Waals surface area (Å²) in [7, 11) is -4.67. The topological polar surface area (TPSA) is 299 Å². The molecule has 11 atom stereocenters. The second-order valence-corrected chi connectivity index (χ2v) is 18.9. The fourth-order valence-corrected chi connectivity index (χ4v) is 9.56. The average molecular weight is 930 g/mol. The van der Waals surface area contributed by atoms with Gasteiger partial charge in [-0.05, 0) is 63.5 Å². The molecule has 1 saturated heterocycles. The van der Waals surface area contributed by atoms with Crippen LogP contribution in [0, 0.1) is 16.7 Å². The third-order valence-corrected chi connectivity index (χ3v) is 12.6. The number of alkyl carbamates (subject to hydrolysis) is 1. The largest absolute Gasteiger partial charge is 1.00 e. The van der Waals surface area contributed by atoms with Crippen molar-refractivity contribution in [3.63, 3.8) is 0 Å². The summed E-state index contributed by atoms with van der Waals surface area (Å²) in [6.45, 7) is 11.8. The molecule has 2 aromatic carbocycles. The van der Waals surface area contributed by atoms with Crippen LogP contribution in [0.15, 0.2) is 71.8 Å². The fraction of sp³-hybridized carbons (Fsp3) is 0.558. The van der Waals surface area contributed by atoms with Gasteiger partial charge in [0.1, 0.15) is 35.6 Å². The van der Waals surface area contributed by atoms with Gasteiger partial charge in [0.25, 0.3) is 0 Å². The van der Waals surface area contributed by atoms with E-state index < -0.39 is 123 Å². The maximum absolute atomic E-state index is 14.9. The number of hydrogen-bond donors (Lipinski definition) is 7. The molecule has 1 aliphatic heterocycles. The van der Waals surface area contributed by atoms with Gasteiger partial charge in [-0.1, -0.05) is 62.4 Å². The molecule has 2 saturated carbocycles. The first-order valence-electron chi connectivity index (χ1n) is 20.0. The monoisotopic (exact) mass is 929 g/mol. The van der Waals surface area contributed by atoms with Crippen LogP contribution >= 0.6 is 0 Å². The molecule has 0 unspecified atom stereocenters. The van der Waals surface area contributed by atoms with Crippen LogP contribution in [0.1, 0.15) is 91.6 Å². The van der Waals surface area contributed by atoms with Crippen LogP contribution in [-0.2, 0) is 48.5 Å². The van der Waals surface area contributed by atoms with Crippen molar-refractivity contribution in [1.29, 1.82) is 0 Å². The van der Waals surface area contributed by atoms with Crippen molar-refractivity contribution in [3.8, 4) is 0 Å². The number of carbonyl (C=O) groups is 5. The molecule has 0 radical (unpaired) electrons. The van der Waals surface area contributed by atoms with Crippen molar-refractivity contribution in [2.24, 2.45) is 16.7 Å². The second-order valence-electron chi connectivity index (χ2n) is 18.0. The van der Waals surface area contributed by atoms with Crippen LogP contribution < -0.4 is 34.9 Å². The van der Waals surface area contributed by atoms with E-state index >= 15 is 0 Å². The van der Waals surface area contributed by atoms with Gasteiger partial charge in [-0.25, -0.2) is 14.4 Å². The molecule has 0 aromatic heterocycles. The van der Waals surface area contributed by atoms with Crippen LogP contribution in [-0.4, -0.2) is 128 Å². The van der Waals surface area contributed by atoms with Gasteiger partial charge in [0.15, 0.2) is 17.5 Å². The molecule has 3 aliphatic carbocycles. The summed E-state index contributed by atoms with van der Waals surface area (Å²) in [5, 5.41) is 51.6. The van der Waals surface area contributed by atoms with Gasteiger partial charge in [0.05, 0.1) is 35.6 Å². The Balaban J connectivity index is 0.00000152. The summed E-state index contributed by atoms with van der Waals surface area (Å²) < 4.78 is 61.1. The SMILES string of the molecule is CC(=O)O[C@@]12CO[C@@H]1C[C@H](O)[C@@]1(C)C(=O)[C@H](O)C3=C(C)[C@@H](OC(=O)[C@H](O)[C@@H](NC(=O)OC(C)(C)C)c4ccccc4)C[C@@](O)([C@@H](OC(=O)c4ccccc4)[C@H]21)C3(C)C.O=S(=O)(O)O.[H-].[Na+]. The van der Waals surface area contributed by atoms with Gasteiger partial charge < -0.3 is 50.9 Å². The molecule has 2 aromatic rings. The van der Waals surface area contributed by atoms with Crippen molar-refractivity contribution in [2.45, 2.75) is 128 Å². The molecule has 348 valence electrons. The minimum Gasteiger partial charge on any atom is -1.00 e. The number of aliphatic hydroxyl groups excluding tert-OH is 3. The normalized spacial score (nSPS) is 31.4. The van der Waals surface area contributed by atoms with Crippen LogP contribution in [0.2, 0.25) is 0 Å². The summed E-state index contributed by atoms with van der Waals surface area (Å²) in [4.78, 5) is 68.9. The minimum absolute atomic E-state index is 0. The zero-order valence-corrected chi connectivity index (χ0v) is 39.8. The predicted molar refractivity (Wildman–Crippen MR) is 219 cm³/mol. The second kappa shape index (κ2) is 19.2. The van der Waals surface area contributed by atoms with Crippen molar-refractivity contribution >= 4 is 40.2 Å². The Kier molecular flexibility index (Phi) is 15.8. The summed E-state index contributed by atoms with van der Waals surface area (Å²) in [6, 6.07) is 14.6. The van der Waals surface area contributed by atoms with Crippen LogP contribution in [0.25, 0.3) is 0 Å². The maximum Gasteiger partial charge on any atom is 1.00 e. The Morgan fingerprint density at radius 3 is 2.00 bits per heavy atom. The van der Waals surface area contributed by atoms with Crippen molar-refractivity contribution in [2.75, 3.05) is 6.61 Å². The average Bonchev–Trinajstić information content (AvgIpc) is 3.17. The Morgan fingerprint density at radius 2 is 1.50 bits per heavy atom. The molecule has 0 spiro atoms. The first kappa shape index (κ1) is 52.8. The van der Waals surface area contributed by atoms with Crippen molar-refractivity contribution in [3.05, 3.63) is 82.9 Å². The Morgan fingerprint density at radius 1 is 0.953 bits per heavy atom. The van der Waals surface area contributed by atoms with Gasteiger partial charge in [0, 0.05) is 25.2 Å². The van der Waals surface area contributed by atoms with Gasteiger partial charge in [0.2, 0.25) is 0 Å². The Bertz CT molecular complexity index is 2230. The van der Waals surface area contributed by atoms with Crippen molar-refractivity contribution in [1.82, 2.24) is 5.32 Å². The molecule has 1 amide bonds. The van der Waals surface area contributed by atoms with Gasteiger partial charge in [-0.3, -0.25) is 18.7 Å². The number of ketones is 1. The summed E-state index contributed by atoms with van der Waals surface area (Å²) >= 11 is 0. The molecular weight excluding hydrogens is 874 g/mol. The molecule has 19 nitrogen and oxygen atoms in total. The number of amides is 1. The molecule has 2 bridgehead atoms. The van der Waals surface area contributed by atoms with E-state index in [2.05, 4.69) is 5.32 Å². The Labute approximate surface area is 394 Å². The number of hydrogen-bond acceptors (Lipinski definition) is 16. The van der Waals surface area contributed by atoms with Gasteiger partial charge in [-0.2, -0.15) is 8.42 Å². The van der Waals surface area contributed by atoms with Crippen LogP contribution in [0.4, 0.5) is 4.79 Å². The number of nitrogens with one attached hydrogen (secondary N) is 1. The molecule has 4 aliphatic rings. The molecule has 1 heterocycles. The van der Waals surface area contributed by atoms with E-state index in [-0.39, 0.29) is 60.7 Å². The number of aliphatic hydroxyl groups is 4. The third-order valence-electron chi connectivity index (χ3n) is 12.6. The quantitative estimate of drug-likeness (QED) is 0.0589. The number of rotatable bonds is 8.